The van der Waals surface area contributed by atoms with E-state index in [0.29, 0.717) is 43.7 Å². The summed E-state index contributed by atoms with van der Waals surface area (Å²) in [5, 5.41) is 3.55. The standard InChI is InChI=1S/C17H24ClN3O3S/c1-13(14-2-3-14)19-17(22)12-20-8-10-21(11-9-20)25(23,24)16-6-4-15(18)5-7-16/h4-7,13-14H,2-3,8-12H2,1H3,(H,19,22)/t13-/m0/s1. The molecule has 3 rings (SSSR count). The molecule has 1 aliphatic carbocycles. The maximum Gasteiger partial charge on any atom is 0.243 e. The number of nitrogens with one attached hydrogen (secondary N) is 1. The Bertz CT molecular complexity index is 711. The third-order valence-corrected chi connectivity index (χ3v) is 7.03. The predicted molar refractivity (Wildman–Crippen MR) is 97.0 cm³/mol. The predicted octanol–water partition coefficient (Wildman–Crippen LogP) is 1.56. The molecule has 1 atom stereocenters. The van der Waals surface area contributed by atoms with Gasteiger partial charge in [0, 0.05) is 37.2 Å². The van der Waals surface area contributed by atoms with Crippen molar-refractivity contribution in [3.05, 3.63) is 29.3 Å². The lowest BCUT2D eigenvalue weighted by molar-refractivity contribution is -0.123. The van der Waals surface area contributed by atoms with Gasteiger partial charge in [-0.25, -0.2) is 8.42 Å². The Morgan fingerprint density at radius 2 is 1.80 bits per heavy atom. The van der Waals surface area contributed by atoms with Gasteiger partial charge in [-0.1, -0.05) is 11.6 Å². The highest BCUT2D eigenvalue weighted by atomic mass is 35.5. The van der Waals surface area contributed by atoms with Crippen LogP contribution in [0.1, 0.15) is 19.8 Å². The molecule has 0 unspecified atom stereocenters. The van der Waals surface area contributed by atoms with Gasteiger partial charge in [-0.05, 0) is 49.9 Å². The van der Waals surface area contributed by atoms with Gasteiger partial charge in [0.1, 0.15) is 0 Å². The Morgan fingerprint density at radius 1 is 1.20 bits per heavy atom. The zero-order valence-electron chi connectivity index (χ0n) is 14.3. The van der Waals surface area contributed by atoms with E-state index in [1.54, 1.807) is 12.1 Å². The Balaban J connectivity index is 1.50. The quantitative estimate of drug-likeness (QED) is 0.806. The number of benzene rings is 1. The second-order valence-corrected chi connectivity index (χ2v) is 9.20. The van der Waals surface area contributed by atoms with Gasteiger partial charge in [-0.15, -0.1) is 0 Å². The van der Waals surface area contributed by atoms with E-state index < -0.39 is 10.0 Å². The maximum absolute atomic E-state index is 12.6. The molecule has 138 valence electrons. The van der Waals surface area contributed by atoms with Crippen LogP contribution in [-0.2, 0) is 14.8 Å². The fourth-order valence-corrected chi connectivity index (χ4v) is 4.65. The van der Waals surface area contributed by atoms with E-state index >= 15 is 0 Å². The van der Waals surface area contributed by atoms with Gasteiger partial charge in [-0.2, -0.15) is 4.31 Å². The van der Waals surface area contributed by atoms with E-state index in [9.17, 15) is 13.2 Å². The zero-order valence-corrected chi connectivity index (χ0v) is 15.9. The Hall–Kier alpha value is -1.15. The molecule has 6 nitrogen and oxygen atoms in total. The minimum atomic E-state index is -3.51. The average molecular weight is 386 g/mol. The molecule has 1 heterocycles. The van der Waals surface area contributed by atoms with Crippen LogP contribution in [-0.4, -0.2) is 62.3 Å². The summed E-state index contributed by atoms with van der Waals surface area (Å²) in [6.45, 7) is 4.25. The fraction of sp³-hybridized carbons (Fsp3) is 0.588. The van der Waals surface area contributed by atoms with Gasteiger partial charge in [0.15, 0.2) is 0 Å². The molecule has 0 bridgehead atoms. The first-order chi connectivity index (χ1) is 11.9. The summed E-state index contributed by atoms with van der Waals surface area (Å²) in [6, 6.07) is 6.44. The highest BCUT2D eigenvalue weighted by Gasteiger charge is 2.31. The third-order valence-electron chi connectivity index (χ3n) is 4.87. The molecule has 2 aliphatic rings. The van der Waals surface area contributed by atoms with Crippen LogP contribution in [0.2, 0.25) is 5.02 Å². The number of nitrogens with zero attached hydrogens (tertiary/aromatic N) is 2. The second-order valence-electron chi connectivity index (χ2n) is 6.83. The minimum Gasteiger partial charge on any atom is -0.352 e. The fourth-order valence-electron chi connectivity index (χ4n) is 3.10. The second kappa shape index (κ2) is 7.61. The number of hydrogen-bond acceptors (Lipinski definition) is 4. The molecule has 2 fully saturated rings. The monoisotopic (exact) mass is 385 g/mol. The highest BCUT2D eigenvalue weighted by Crippen LogP contribution is 2.32. The summed E-state index contributed by atoms with van der Waals surface area (Å²) in [5.41, 5.74) is 0. The van der Waals surface area contributed by atoms with Crippen molar-refractivity contribution in [1.82, 2.24) is 14.5 Å². The summed E-state index contributed by atoms with van der Waals surface area (Å²) in [7, 11) is -3.51. The molecule has 0 radical (unpaired) electrons. The van der Waals surface area contributed by atoms with Crippen LogP contribution in [0.3, 0.4) is 0 Å². The minimum absolute atomic E-state index is 0.0217. The van der Waals surface area contributed by atoms with Crippen molar-refractivity contribution >= 4 is 27.5 Å². The lowest BCUT2D eigenvalue weighted by atomic mass is 10.2. The van der Waals surface area contributed by atoms with Crippen LogP contribution < -0.4 is 5.32 Å². The van der Waals surface area contributed by atoms with E-state index in [4.69, 9.17) is 11.6 Å². The molecule has 1 saturated heterocycles. The van der Waals surface area contributed by atoms with E-state index in [1.165, 1.54) is 29.3 Å². The lowest BCUT2D eigenvalue weighted by Crippen LogP contribution is -2.51. The van der Waals surface area contributed by atoms with Gasteiger partial charge in [0.05, 0.1) is 11.4 Å². The molecule has 1 aromatic rings. The first kappa shape index (κ1) is 18.6. The van der Waals surface area contributed by atoms with Gasteiger partial charge in [0.25, 0.3) is 0 Å². The molecule has 1 amide bonds. The van der Waals surface area contributed by atoms with Crippen molar-refractivity contribution in [3.8, 4) is 0 Å². The van der Waals surface area contributed by atoms with E-state index in [0.717, 1.165) is 0 Å². The van der Waals surface area contributed by atoms with Gasteiger partial charge in [0.2, 0.25) is 15.9 Å². The Labute approximate surface area is 154 Å². The molecule has 0 aromatic heterocycles. The number of sulfonamides is 1. The number of carbonyl (C=O) groups excluding carboxylic acids is 1. The zero-order chi connectivity index (χ0) is 18.0. The number of rotatable bonds is 6. The lowest BCUT2D eigenvalue weighted by Gasteiger charge is -2.33. The van der Waals surface area contributed by atoms with Crippen LogP contribution in [0.25, 0.3) is 0 Å². The normalized spacial score (nSPS) is 21.0. The summed E-state index contributed by atoms with van der Waals surface area (Å²) in [5.74, 6) is 0.652. The first-order valence-corrected chi connectivity index (χ1v) is 10.5. The number of hydrogen-bond donors (Lipinski definition) is 1. The largest absolute Gasteiger partial charge is 0.352 e. The SMILES string of the molecule is C[C@H](NC(=O)CN1CCN(S(=O)(=O)c2ccc(Cl)cc2)CC1)C1CC1. The summed E-state index contributed by atoms with van der Waals surface area (Å²) in [6.07, 6.45) is 2.39. The van der Waals surface area contributed by atoms with Crippen molar-refractivity contribution in [2.24, 2.45) is 5.92 Å². The number of amides is 1. The van der Waals surface area contributed by atoms with E-state index in [-0.39, 0.29) is 16.8 Å². The molecule has 25 heavy (non-hydrogen) atoms. The van der Waals surface area contributed by atoms with E-state index in [2.05, 4.69) is 5.32 Å². The Morgan fingerprint density at radius 3 is 2.36 bits per heavy atom. The van der Waals surface area contributed by atoms with Crippen LogP contribution in [0.4, 0.5) is 0 Å². The average Bonchev–Trinajstić information content (AvgIpc) is 3.40. The van der Waals surface area contributed by atoms with Gasteiger partial charge in [-0.3, -0.25) is 9.69 Å². The van der Waals surface area contributed by atoms with Crippen molar-refractivity contribution in [1.29, 1.82) is 0 Å². The van der Waals surface area contributed by atoms with Gasteiger partial charge >= 0.3 is 0 Å². The molecular formula is C17H24ClN3O3S. The maximum atomic E-state index is 12.6. The van der Waals surface area contributed by atoms with Crippen molar-refractivity contribution in [2.45, 2.75) is 30.7 Å². The van der Waals surface area contributed by atoms with Crippen molar-refractivity contribution < 1.29 is 13.2 Å². The molecule has 1 aromatic carbocycles. The van der Waals surface area contributed by atoms with Crippen LogP contribution in [0.15, 0.2) is 29.2 Å². The number of piperazine rings is 1. The molecule has 0 spiro atoms. The molecule has 1 N–H and O–H groups in total. The summed E-state index contributed by atoms with van der Waals surface area (Å²) < 4.78 is 26.7. The molecule has 8 heteroatoms. The van der Waals surface area contributed by atoms with E-state index in [1.807, 2.05) is 11.8 Å². The summed E-state index contributed by atoms with van der Waals surface area (Å²) >= 11 is 5.82. The van der Waals surface area contributed by atoms with Crippen molar-refractivity contribution in [2.75, 3.05) is 32.7 Å². The first-order valence-electron chi connectivity index (χ1n) is 8.64. The van der Waals surface area contributed by atoms with Crippen LogP contribution >= 0.6 is 11.6 Å². The number of carbonyl (C=O) groups is 1. The van der Waals surface area contributed by atoms with Crippen molar-refractivity contribution in [3.63, 3.8) is 0 Å². The number of halogens is 1. The molecular weight excluding hydrogens is 362 g/mol. The topological polar surface area (TPSA) is 69.7 Å². The molecule has 1 saturated carbocycles. The smallest absolute Gasteiger partial charge is 0.243 e. The van der Waals surface area contributed by atoms with Crippen LogP contribution in [0.5, 0.6) is 0 Å². The van der Waals surface area contributed by atoms with Crippen LogP contribution in [0, 0.1) is 5.92 Å². The highest BCUT2D eigenvalue weighted by molar-refractivity contribution is 7.89. The Kier molecular flexibility index (Phi) is 5.68. The molecule has 1 aliphatic heterocycles. The third kappa shape index (κ3) is 4.73. The summed E-state index contributed by atoms with van der Waals surface area (Å²) in [4.78, 5) is 14.3. The van der Waals surface area contributed by atoms with Gasteiger partial charge < -0.3 is 5.32 Å².